The largest absolute Gasteiger partial charge is 0.492 e. The number of fused-ring (bicyclic) bond motifs is 1. The van der Waals surface area contributed by atoms with Crippen LogP contribution in [-0.4, -0.2) is 65.6 Å². The lowest BCUT2D eigenvalue weighted by atomic mass is 9.94. The van der Waals surface area contributed by atoms with Crippen LogP contribution in [0.5, 0.6) is 5.75 Å². The summed E-state index contributed by atoms with van der Waals surface area (Å²) in [5.41, 5.74) is 0.982. The van der Waals surface area contributed by atoms with Crippen molar-refractivity contribution in [3.05, 3.63) is 28.8 Å². The minimum Gasteiger partial charge on any atom is -0.492 e. The number of carboxylic acids is 1. The van der Waals surface area contributed by atoms with Gasteiger partial charge in [-0.1, -0.05) is 18.5 Å². The van der Waals surface area contributed by atoms with Crippen LogP contribution in [0.25, 0.3) is 0 Å². The Hall–Kier alpha value is -1.79. The van der Waals surface area contributed by atoms with Gasteiger partial charge in [-0.05, 0) is 49.6 Å². The van der Waals surface area contributed by atoms with E-state index >= 15 is 0 Å². The van der Waals surface area contributed by atoms with Crippen molar-refractivity contribution in [2.75, 3.05) is 32.8 Å². The van der Waals surface area contributed by atoms with Gasteiger partial charge in [-0.3, -0.25) is 14.5 Å². The highest BCUT2D eigenvalue weighted by molar-refractivity contribution is 6.30. The second-order valence-corrected chi connectivity index (χ2v) is 7.41. The van der Waals surface area contributed by atoms with Gasteiger partial charge in [0.2, 0.25) is 5.91 Å². The minimum absolute atomic E-state index is 0.0587. The Morgan fingerprint density at radius 3 is 2.73 bits per heavy atom. The predicted octanol–water partition coefficient (Wildman–Crippen LogP) is 2.29. The number of rotatable bonds is 5. The molecule has 1 aromatic rings. The number of hydrogen-bond donors (Lipinski definition) is 1. The summed E-state index contributed by atoms with van der Waals surface area (Å²) in [5, 5.41) is 9.68. The highest BCUT2D eigenvalue weighted by Crippen LogP contribution is 2.31. The normalized spacial score (nSPS) is 20.6. The third-order valence-corrected chi connectivity index (χ3v) is 5.55. The molecule has 6 nitrogen and oxygen atoms in total. The molecule has 1 saturated heterocycles. The first-order valence-corrected chi connectivity index (χ1v) is 9.51. The summed E-state index contributed by atoms with van der Waals surface area (Å²) >= 11 is 6.05. The van der Waals surface area contributed by atoms with E-state index in [1.807, 2.05) is 28.9 Å². The van der Waals surface area contributed by atoms with Crippen LogP contribution in [0, 0.1) is 5.92 Å². The average molecular weight is 381 g/mol. The van der Waals surface area contributed by atoms with Crippen molar-refractivity contribution in [1.29, 1.82) is 0 Å². The van der Waals surface area contributed by atoms with E-state index in [2.05, 4.69) is 0 Å². The second-order valence-electron chi connectivity index (χ2n) is 6.98. The highest BCUT2D eigenvalue weighted by atomic mass is 35.5. The molecule has 0 radical (unpaired) electrons. The summed E-state index contributed by atoms with van der Waals surface area (Å²) in [5.74, 6) is -0.0550. The molecule has 1 N–H and O–H groups in total. The molecule has 0 spiro atoms. The topological polar surface area (TPSA) is 70.1 Å². The SMILES string of the molecule is CCN(CC(=O)O)C1CCN(C(=O)C2COc3ccc(Cl)cc3C2)CC1. The average Bonchev–Trinajstić information content (AvgIpc) is 2.65. The minimum atomic E-state index is -0.804. The van der Waals surface area contributed by atoms with E-state index < -0.39 is 5.97 Å². The van der Waals surface area contributed by atoms with Crippen molar-refractivity contribution in [1.82, 2.24) is 9.80 Å². The van der Waals surface area contributed by atoms with Gasteiger partial charge in [0.1, 0.15) is 12.4 Å². The number of likely N-dealkylation sites (N-methyl/N-ethyl adjacent to an activating group) is 1. The van der Waals surface area contributed by atoms with Gasteiger partial charge >= 0.3 is 5.97 Å². The summed E-state index contributed by atoms with van der Waals surface area (Å²) < 4.78 is 5.74. The van der Waals surface area contributed by atoms with Gasteiger partial charge < -0.3 is 14.7 Å². The van der Waals surface area contributed by atoms with E-state index in [-0.39, 0.29) is 24.4 Å². The van der Waals surface area contributed by atoms with Gasteiger partial charge in [-0.2, -0.15) is 0 Å². The molecule has 1 fully saturated rings. The Labute approximate surface area is 158 Å². The number of benzene rings is 1. The molecule has 0 bridgehead atoms. The number of piperidine rings is 1. The fourth-order valence-electron chi connectivity index (χ4n) is 3.90. The van der Waals surface area contributed by atoms with Gasteiger partial charge in [-0.25, -0.2) is 0 Å². The zero-order valence-corrected chi connectivity index (χ0v) is 15.7. The van der Waals surface area contributed by atoms with E-state index in [0.717, 1.165) is 24.2 Å². The quantitative estimate of drug-likeness (QED) is 0.848. The van der Waals surface area contributed by atoms with Crippen LogP contribution in [0.2, 0.25) is 5.02 Å². The first kappa shape index (κ1) is 19.0. The van der Waals surface area contributed by atoms with Crippen molar-refractivity contribution in [2.45, 2.75) is 32.2 Å². The van der Waals surface area contributed by atoms with Crippen molar-refractivity contribution >= 4 is 23.5 Å². The first-order chi connectivity index (χ1) is 12.5. The Balaban J connectivity index is 1.56. The van der Waals surface area contributed by atoms with E-state index in [0.29, 0.717) is 37.7 Å². The molecule has 2 aliphatic rings. The Morgan fingerprint density at radius 2 is 2.08 bits per heavy atom. The fourth-order valence-corrected chi connectivity index (χ4v) is 4.10. The van der Waals surface area contributed by atoms with Gasteiger partial charge in [0.05, 0.1) is 12.5 Å². The number of amides is 1. The zero-order valence-electron chi connectivity index (χ0n) is 15.0. The first-order valence-electron chi connectivity index (χ1n) is 9.13. The zero-order chi connectivity index (χ0) is 18.7. The molecule has 1 aromatic carbocycles. The molecule has 1 unspecified atom stereocenters. The van der Waals surface area contributed by atoms with Crippen LogP contribution in [0.1, 0.15) is 25.3 Å². The van der Waals surface area contributed by atoms with E-state index in [1.165, 1.54) is 0 Å². The smallest absolute Gasteiger partial charge is 0.317 e. The third kappa shape index (κ3) is 4.30. The van der Waals surface area contributed by atoms with Crippen LogP contribution in [0.3, 0.4) is 0 Å². The number of carboxylic acid groups (broad SMARTS) is 1. The number of carbonyl (C=O) groups is 2. The Bertz CT molecular complexity index is 674. The van der Waals surface area contributed by atoms with Crippen LogP contribution < -0.4 is 4.74 Å². The fraction of sp³-hybridized carbons (Fsp3) is 0.579. The molecule has 1 atom stereocenters. The summed E-state index contributed by atoms with van der Waals surface area (Å²) in [6, 6.07) is 5.74. The lowest BCUT2D eigenvalue weighted by Crippen LogP contribution is -2.50. The van der Waals surface area contributed by atoms with Crippen LogP contribution in [-0.2, 0) is 16.0 Å². The number of halogens is 1. The molecule has 2 aliphatic heterocycles. The standard InChI is InChI=1S/C19H25ClN2O4/c1-2-21(11-18(23)24)16-5-7-22(8-6-16)19(25)14-9-13-10-15(20)3-4-17(13)26-12-14/h3-4,10,14,16H,2,5-9,11-12H2,1H3,(H,23,24). The van der Waals surface area contributed by atoms with Gasteiger partial charge in [0, 0.05) is 24.2 Å². The molecular weight excluding hydrogens is 356 g/mol. The molecule has 1 amide bonds. The van der Waals surface area contributed by atoms with Crippen LogP contribution in [0.15, 0.2) is 18.2 Å². The van der Waals surface area contributed by atoms with Gasteiger partial charge in [0.25, 0.3) is 0 Å². The maximum absolute atomic E-state index is 12.9. The number of ether oxygens (including phenoxy) is 1. The van der Waals surface area contributed by atoms with E-state index in [9.17, 15) is 9.59 Å². The number of likely N-dealkylation sites (tertiary alicyclic amines) is 1. The molecular formula is C19H25ClN2O4. The monoisotopic (exact) mass is 380 g/mol. The molecule has 7 heteroatoms. The molecule has 26 heavy (non-hydrogen) atoms. The molecule has 0 aliphatic carbocycles. The van der Waals surface area contributed by atoms with Crippen molar-refractivity contribution in [2.24, 2.45) is 5.92 Å². The number of hydrogen-bond acceptors (Lipinski definition) is 4. The summed E-state index contributed by atoms with van der Waals surface area (Å²) in [6.07, 6.45) is 2.26. The lowest BCUT2D eigenvalue weighted by molar-refractivity contribution is -0.141. The maximum atomic E-state index is 12.9. The van der Waals surface area contributed by atoms with Crippen LogP contribution in [0.4, 0.5) is 0 Å². The predicted molar refractivity (Wildman–Crippen MR) is 98.6 cm³/mol. The van der Waals surface area contributed by atoms with Crippen molar-refractivity contribution in [3.63, 3.8) is 0 Å². The van der Waals surface area contributed by atoms with Gasteiger partial charge in [0.15, 0.2) is 0 Å². The van der Waals surface area contributed by atoms with Gasteiger partial charge in [-0.15, -0.1) is 0 Å². The van der Waals surface area contributed by atoms with E-state index in [4.69, 9.17) is 21.4 Å². The van der Waals surface area contributed by atoms with Crippen LogP contribution >= 0.6 is 11.6 Å². The lowest BCUT2D eigenvalue weighted by Gasteiger charge is -2.39. The summed E-state index contributed by atoms with van der Waals surface area (Å²) in [6.45, 7) is 4.47. The molecule has 0 aromatic heterocycles. The number of nitrogens with zero attached hydrogens (tertiary/aromatic N) is 2. The molecule has 3 rings (SSSR count). The highest BCUT2D eigenvalue weighted by Gasteiger charge is 2.33. The molecule has 2 heterocycles. The Morgan fingerprint density at radius 1 is 1.35 bits per heavy atom. The maximum Gasteiger partial charge on any atom is 0.317 e. The molecule has 142 valence electrons. The third-order valence-electron chi connectivity index (χ3n) is 5.32. The van der Waals surface area contributed by atoms with Crippen molar-refractivity contribution in [3.8, 4) is 5.75 Å². The number of carbonyl (C=O) groups excluding carboxylic acids is 1. The summed E-state index contributed by atoms with van der Waals surface area (Å²) in [7, 11) is 0. The Kier molecular flexibility index (Phi) is 6.04. The van der Waals surface area contributed by atoms with Crippen molar-refractivity contribution < 1.29 is 19.4 Å². The second kappa shape index (κ2) is 8.27. The number of aliphatic carboxylic acids is 1. The molecule has 0 saturated carbocycles. The summed E-state index contributed by atoms with van der Waals surface area (Å²) in [4.78, 5) is 27.7. The van der Waals surface area contributed by atoms with E-state index in [1.54, 1.807) is 6.07 Å².